The first-order valence-corrected chi connectivity index (χ1v) is 6.67. The molecule has 0 heterocycles. The molecular formula is C14H22N4O3. The lowest BCUT2D eigenvalue weighted by Crippen LogP contribution is -2.45. The average molecular weight is 294 g/mol. The summed E-state index contributed by atoms with van der Waals surface area (Å²) >= 11 is 0. The first kappa shape index (κ1) is 16.6. The number of hydrogen-bond donors (Lipinski definition) is 3. The van der Waals surface area contributed by atoms with E-state index in [-0.39, 0.29) is 0 Å². The number of nitrogens with one attached hydrogen (secondary N) is 2. The fourth-order valence-electron chi connectivity index (χ4n) is 1.57. The van der Waals surface area contributed by atoms with E-state index in [9.17, 15) is 9.59 Å². The van der Waals surface area contributed by atoms with E-state index in [4.69, 9.17) is 10.5 Å². The Morgan fingerprint density at radius 2 is 2.05 bits per heavy atom. The maximum absolute atomic E-state index is 11.8. The molecule has 1 atom stereocenters. The number of carbonyl (C=O) groups is 2. The summed E-state index contributed by atoms with van der Waals surface area (Å²) in [6.07, 6.45) is -0.840. The largest absolute Gasteiger partial charge is 0.479 e. The second-order valence-electron chi connectivity index (χ2n) is 4.73. The van der Waals surface area contributed by atoms with Gasteiger partial charge in [-0.3, -0.25) is 10.1 Å². The smallest absolute Gasteiger partial charge is 0.321 e. The molecule has 0 aliphatic carbocycles. The molecule has 1 unspecified atom stereocenters. The second kappa shape index (κ2) is 7.37. The monoisotopic (exact) mass is 294 g/mol. The molecule has 7 heteroatoms. The third-order valence-corrected chi connectivity index (χ3v) is 2.76. The lowest BCUT2D eigenvalue weighted by molar-refractivity contribution is -0.126. The van der Waals surface area contributed by atoms with E-state index < -0.39 is 18.0 Å². The summed E-state index contributed by atoms with van der Waals surface area (Å²) in [5.41, 5.74) is 7.16. The number of anilines is 2. The first-order chi connectivity index (χ1) is 9.85. The molecule has 0 aliphatic heterocycles. The zero-order chi connectivity index (χ0) is 16.0. The van der Waals surface area contributed by atoms with Crippen LogP contribution in [0.1, 0.15) is 13.8 Å². The summed E-state index contributed by atoms with van der Waals surface area (Å²) in [6.45, 7) is 3.75. The van der Waals surface area contributed by atoms with Gasteiger partial charge in [-0.05, 0) is 26.0 Å². The molecule has 21 heavy (non-hydrogen) atoms. The summed E-state index contributed by atoms with van der Waals surface area (Å²) in [7, 11) is 3.78. The van der Waals surface area contributed by atoms with Crippen molar-refractivity contribution >= 4 is 23.3 Å². The first-order valence-electron chi connectivity index (χ1n) is 6.67. The number of nitrogens with zero attached hydrogens (tertiary/aromatic N) is 1. The number of nitrogen functional groups attached to an aromatic ring is 1. The minimum atomic E-state index is -0.840. The molecular weight excluding hydrogens is 272 g/mol. The third-order valence-electron chi connectivity index (χ3n) is 2.76. The lowest BCUT2D eigenvalue weighted by Gasteiger charge is -2.18. The van der Waals surface area contributed by atoms with Crippen LogP contribution in [0.5, 0.6) is 5.75 Å². The standard InChI is InChI=1S/C14H22N4O3/c1-5-16-14(20)17-13(19)9(2)21-12-8-10(18(3)4)6-7-11(12)15/h6-9H,5,15H2,1-4H3,(H2,16,17,19,20). The zero-order valence-corrected chi connectivity index (χ0v) is 12.8. The van der Waals surface area contributed by atoms with Gasteiger partial charge >= 0.3 is 6.03 Å². The van der Waals surface area contributed by atoms with Crippen molar-refractivity contribution in [3.8, 4) is 5.75 Å². The van der Waals surface area contributed by atoms with Crippen molar-refractivity contribution in [1.29, 1.82) is 0 Å². The summed E-state index contributed by atoms with van der Waals surface area (Å²) in [6, 6.07) is 4.75. The van der Waals surface area contributed by atoms with E-state index >= 15 is 0 Å². The fraction of sp³-hybridized carbons (Fsp3) is 0.429. The summed E-state index contributed by atoms with van der Waals surface area (Å²) in [4.78, 5) is 25.0. The van der Waals surface area contributed by atoms with Crippen LogP contribution in [-0.4, -0.2) is 38.7 Å². The highest BCUT2D eigenvalue weighted by atomic mass is 16.5. The molecule has 0 aliphatic rings. The van der Waals surface area contributed by atoms with E-state index in [0.717, 1.165) is 5.69 Å². The number of nitrogens with two attached hydrogens (primary N) is 1. The molecule has 116 valence electrons. The van der Waals surface area contributed by atoms with Gasteiger partial charge in [0.2, 0.25) is 0 Å². The van der Waals surface area contributed by atoms with Gasteiger partial charge in [0.15, 0.2) is 6.10 Å². The number of rotatable bonds is 5. The number of carbonyl (C=O) groups excluding carboxylic acids is 2. The van der Waals surface area contributed by atoms with Crippen molar-refractivity contribution in [3.63, 3.8) is 0 Å². The predicted molar refractivity (Wildman–Crippen MR) is 82.5 cm³/mol. The maximum atomic E-state index is 11.8. The number of benzene rings is 1. The van der Waals surface area contributed by atoms with Crippen LogP contribution >= 0.6 is 0 Å². The number of hydrogen-bond acceptors (Lipinski definition) is 5. The second-order valence-corrected chi connectivity index (χ2v) is 4.73. The number of imide groups is 1. The van der Waals surface area contributed by atoms with Crippen LogP contribution in [0.2, 0.25) is 0 Å². The molecule has 1 rings (SSSR count). The van der Waals surface area contributed by atoms with Gasteiger partial charge < -0.3 is 20.7 Å². The van der Waals surface area contributed by atoms with Gasteiger partial charge in [-0.15, -0.1) is 0 Å². The van der Waals surface area contributed by atoms with Crippen LogP contribution in [0.25, 0.3) is 0 Å². The Balaban J connectivity index is 2.73. The van der Waals surface area contributed by atoms with Gasteiger partial charge in [-0.2, -0.15) is 0 Å². The molecule has 0 fully saturated rings. The molecule has 0 saturated carbocycles. The highest BCUT2D eigenvalue weighted by Crippen LogP contribution is 2.27. The molecule has 0 radical (unpaired) electrons. The van der Waals surface area contributed by atoms with Crippen LogP contribution < -0.4 is 26.0 Å². The van der Waals surface area contributed by atoms with E-state index in [0.29, 0.717) is 18.0 Å². The molecule has 1 aromatic rings. The van der Waals surface area contributed by atoms with Gasteiger partial charge in [0.1, 0.15) is 5.75 Å². The molecule has 4 N–H and O–H groups in total. The molecule has 0 bridgehead atoms. The van der Waals surface area contributed by atoms with Crippen molar-refractivity contribution in [2.24, 2.45) is 0 Å². The fourth-order valence-corrected chi connectivity index (χ4v) is 1.57. The van der Waals surface area contributed by atoms with Crippen molar-refractivity contribution < 1.29 is 14.3 Å². The SMILES string of the molecule is CCNC(=O)NC(=O)C(C)Oc1cc(N(C)C)ccc1N. The minimum absolute atomic E-state index is 0.403. The van der Waals surface area contributed by atoms with E-state index in [1.807, 2.05) is 25.1 Å². The molecule has 0 spiro atoms. The molecule has 1 aromatic carbocycles. The Kier molecular flexibility index (Phi) is 5.83. The third kappa shape index (κ3) is 4.87. The summed E-state index contributed by atoms with van der Waals surface area (Å²) < 4.78 is 5.53. The maximum Gasteiger partial charge on any atom is 0.321 e. The van der Waals surface area contributed by atoms with E-state index in [2.05, 4.69) is 10.6 Å². The lowest BCUT2D eigenvalue weighted by atomic mass is 10.2. The van der Waals surface area contributed by atoms with Gasteiger partial charge in [-0.25, -0.2) is 4.79 Å². The van der Waals surface area contributed by atoms with Crippen LogP contribution in [0.4, 0.5) is 16.2 Å². The number of urea groups is 1. The van der Waals surface area contributed by atoms with Gasteiger partial charge in [-0.1, -0.05) is 0 Å². The quantitative estimate of drug-likeness (QED) is 0.703. The average Bonchev–Trinajstić information content (AvgIpc) is 2.40. The highest BCUT2D eigenvalue weighted by Gasteiger charge is 2.18. The van der Waals surface area contributed by atoms with Crippen molar-refractivity contribution in [1.82, 2.24) is 10.6 Å². The Labute approximate surface area is 124 Å². The molecule has 0 aromatic heterocycles. The minimum Gasteiger partial charge on any atom is -0.479 e. The summed E-state index contributed by atoms with van der Waals surface area (Å²) in [5, 5.41) is 4.67. The van der Waals surface area contributed by atoms with Crippen LogP contribution in [0.15, 0.2) is 18.2 Å². The topological polar surface area (TPSA) is 96.7 Å². The molecule has 0 saturated heterocycles. The molecule has 7 nitrogen and oxygen atoms in total. The Hall–Kier alpha value is -2.44. The zero-order valence-electron chi connectivity index (χ0n) is 12.8. The molecule has 3 amide bonds. The van der Waals surface area contributed by atoms with Crippen LogP contribution in [-0.2, 0) is 4.79 Å². The van der Waals surface area contributed by atoms with Gasteiger partial charge in [0.25, 0.3) is 5.91 Å². The Morgan fingerprint density at radius 3 is 2.62 bits per heavy atom. The van der Waals surface area contributed by atoms with Crippen molar-refractivity contribution in [2.45, 2.75) is 20.0 Å². The Bertz CT molecular complexity index is 517. The van der Waals surface area contributed by atoms with Crippen LogP contribution in [0.3, 0.4) is 0 Å². The number of ether oxygens (including phenoxy) is 1. The Morgan fingerprint density at radius 1 is 1.38 bits per heavy atom. The summed E-state index contributed by atoms with van der Waals surface area (Å²) in [5.74, 6) is -0.129. The van der Waals surface area contributed by atoms with Gasteiger partial charge in [0.05, 0.1) is 5.69 Å². The van der Waals surface area contributed by atoms with Crippen molar-refractivity contribution in [3.05, 3.63) is 18.2 Å². The van der Waals surface area contributed by atoms with E-state index in [1.165, 1.54) is 0 Å². The van der Waals surface area contributed by atoms with Gasteiger partial charge in [0, 0.05) is 32.4 Å². The highest BCUT2D eigenvalue weighted by molar-refractivity contribution is 5.96. The predicted octanol–water partition coefficient (Wildman–Crippen LogP) is 0.948. The van der Waals surface area contributed by atoms with Crippen LogP contribution in [0, 0.1) is 0 Å². The number of amides is 3. The van der Waals surface area contributed by atoms with Crippen molar-refractivity contribution in [2.75, 3.05) is 31.3 Å². The normalized spacial score (nSPS) is 11.4. The van der Waals surface area contributed by atoms with E-state index in [1.54, 1.807) is 26.0 Å².